The number of anilines is 1. The Morgan fingerprint density at radius 1 is 1.30 bits per heavy atom. The molecule has 1 atom stereocenters. The zero-order chi connectivity index (χ0) is 14.4. The van der Waals surface area contributed by atoms with E-state index in [9.17, 15) is 4.79 Å². The van der Waals surface area contributed by atoms with Crippen LogP contribution in [0.2, 0.25) is 5.15 Å². The Balaban J connectivity index is 1.84. The number of hydrogen-bond donors (Lipinski definition) is 1. The molecule has 0 radical (unpaired) electrons. The van der Waals surface area contributed by atoms with Crippen LogP contribution < -0.4 is 5.32 Å². The van der Waals surface area contributed by atoms with Gasteiger partial charge in [-0.3, -0.25) is 4.79 Å². The molecule has 1 amide bonds. The van der Waals surface area contributed by atoms with Gasteiger partial charge in [0, 0.05) is 0 Å². The Bertz CT molecular complexity index is 558. The van der Waals surface area contributed by atoms with Crippen molar-refractivity contribution in [2.24, 2.45) is 0 Å². The minimum atomic E-state index is -0.550. The summed E-state index contributed by atoms with van der Waals surface area (Å²) in [6.45, 7) is 2.11. The second-order valence-corrected chi connectivity index (χ2v) is 4.68. The summed E-state index contributed by atoms with van der Waals surface area (Å²) in [5, 5.41) is 3.11. The van der Waals surface area contributed by atoms with Gasteiger partial charge in [0.2, 0.25) is 0 Å². The predicted octanol–water partition coefficient (Wildman–Crippen LogP) is 3.28. The standard InChI is InChI=1S/C15H15ClN2O2/c1-11(20-10-12-5-3-2-4-6-12)15(19)18-13-7-8-14(16)17-9-13/h2-9,11H,10H2,1H3,(H,18,19). The van der Waals surface area contributed by atoms with Crippen molar-refractivity contribution in [2.45, 2.75) is 19.6 Å². The lowest BCUT2D eigenvalue weighted by atomic mass is 10.2. The number of benzene rings is 1. The van der Waals surface area contributed by atoms with Crippen molar-refractivity contribution in [1.29, 1.82) is 0 Å². The second-order valence-electron chi connectivity index (χ2n) is 4.30. The predicted molar refractivity (Wildman–Crippen MR) is 78.6 cm³/mol. The van der Waals surface area contributed by atoms with Gasteiger partial charge in [-0.2, -0.15) is 0 Å². The van der Waals surface area contributed by atoms with Crippen LogP contribution in [0.15, 0.2) is 48.7 Å². The van der Waals surface area contributed by atoms with E-state index in [0.29, 0.717) is 17.4 Å². The number of ether oxygens (including phenoxy) is 1. The summed E-state index contributed by atoms with van der Waals surface area (Å²) in [7, 11) is 0. The summed E-state index contributed by atoms with van der Waals surface area (Å²) >= 11 is 5.68. The highest BCUT2D eigenvalue weighted by atomic mass is 35.5. The maximum absolute atomic E-state index is 11.9. The van der Waals surface area contributed by atoms with Gasteiger partial charge >= 0.3 is 0 Å². The highest BCUT2D eigenvalue weighted by Gasteiger charge is 2.13. The van der Waals surface area contributed by atoms with Gasteiger partial charge in [-0.25, -0.2) is 4.98 Å². The number of amides is 1. The first-order chi connectivity index (χ1) is 9.65. The lowest BCUT2D eigenvalue weighted by Crippen LogP contribution is -2.27. The minimum absolute atomic E-state index is 0.218. The van der Waals surface area contributed by atoms with E-state index in [4.69, 9.17) is 16.3 Å². The summed E-state index contributed by atoms with van der Waals surface area (Å²) in [5.74, 6) is -0.218. The number of carbonyl (C=O) groups excluding carboxylic acids is 1. The molecule has 5 heteroatoms. The van der Waals surface area contributed by atoms with Gasteiger partial charge in [-0.15, -0.1) is 0 Å². The number of carbonyl (C=O) groups is 1. The van der Waals surface area contributed by atoms with E-state index >= 15 is 0 Å². The van der Waals surface area contributed by atoms with Crippen molar-refractivity contribution in [2.75, 3.05) is 5.32 Å². The van der Waals surface area contributed by atoms with Gasteiger partial charge in [0.1, 0.15) is 11.3 Å². The average Bonchev–Trinajstić information content (AvgIpc) is 2.48. The monoisotopic (exact) mass is 290 g/mol. The van der Waals surface area contributed by atoms with E-state index in [1.807, 2.05) is 30.3 Å². The Morgan fingerprint density at radius 2 is 2.05 bits per heavy atom. The van der Waals surface area contributed by atoms with E-state index in [2.05, 4.69) is 10.3 Å². The number of rotatable bonds is 5. The third-order valence-electron chi connectivity index (χ3n) is 2.71. The van der Waals surface area contributed by atoms with Crippen LogP contribution in [0.5, 0.6) is 0 Å². The molecular weight excluding hydrogens is 276 g/mol. The molecular formula is C15H15ClN2O2. The molecule has 0 aliphatic rings. The van der Waals surface area contributed by atoms with Crippen molar-refractivity contribution >= 4 is 23.2 Å². The normalized spacial score (nSPS) is 11.9. The maximum atomic E-state index is 11.9. The van der Waals surface area contributed by atoms with Gasteiger partial charge in [0.25, 0.3) is 5.91 Å². The zero-order valence-corrected chi connectivity index (χ0v) is 11.8. The Morgan fingerprint density at radius 3 is 2.70 bits per heavy atom. The molecule has 0 spiro atoms. The largest absolute Gasteiger partial charge is 0.364 e. The van der Waals surface area contributed by atoms with E-state index < -0.39 is 6.10 Å². The SMILES string of the molecule is CC(OCc1ccccc1)C(=O)Nc1ccc(Cl)nc1. The summed E-state index contributed by atoms with van der Waals surface area (Å²) in [6.07, 6.45) is 0.954. The van der Waals surface area contributed by atoms with E-state index in [0.717, 1.165) is 5.56 Å². The van der Waals surface area contributed by atoms with E-state index in [-0.39, 0.29) is 5.91 Å². The molecule has 1 N–H and O–H groups in total. The summed E-state index contributed by atoms with van der Waals surface area (Å²) < 4.78 is 5.53. The molecule has 0 saturated carbocycles. The van der Waals surface area contributed by atoms with Crippen LogP contribution in [-0.4, -0.2) is 17.0 Å². The molecule has 2 aromatic rings. The molecule has 0 aliphatic carbocycles. The van der Waals surface area contributed by atoms with Crippen LogP contribution in [0.25, 0.3) is 0 Å². The molecule has 0 saturated heterocycles. The minimum Gasteiger partial charge on any atom is -0.364 e. The Kier molecular flexibility index (Phi) is 5.09. The van der Waals surface area contributed by atoms with Crippen molar-refractivity contribution < 1.29 is 9.53 Å². The maximum Gasteiger partial charge on any atom is 0.253 e. The first kappa shape index (κ1) is 14.5. The number of halogens is 1. The van der Waals surface area contributed by atoms with Crippen LogP contribution >= 0.6 is 11.6 Å². The molecule has 104 valence electrons. The molecule has 0 fully saturated rings. The van der Waals surface area contributed by atoms with Gasteiger partial charge in [0.05, 0.1) is 18.5 Å². The van der Waals surface area contributed by atoms with Gasteiger partial charge < -0.3 is 10.1 Å². The van der Waals surface area contributed by atoms with Gasteiger partial charge in [0.15, 0.2) is 0 Å². The van der Waals surface area contributed by atoms with Crippen molar-refractivity contribution in [3.05, 3.63) is 59.4 Å². The number of hydrogen-bond acceptors (Lipinski definition) is 3. The number of pyridine rings is 1. The molecule has 2 rings (SSSR count). The summed E-state index contributed by atoms with van der Waals surface area (Å²) in [4.78, 5) is 15.8. The number of nitrogens with zero attached hydrogens (tertiary/aromatic N) is 1. The van der Waals surface area contributed by atoms with E-state index in [1.165, 1.54) is 6.20 Å². The second kappa shape index (κ2) is 7.03. The van der Waals surface area contributed by atoms with Crippen molar-refractivity contribution in [3.63, 3.8) is 0 Å². The first-order valence-electron chi connectivity index (χ1n) is 6.23. The fourth-order valence-corrected chi connectivity index (χ4v) is 1.68. The topological polar surface area (TPSA) is 51.2 Å². The average molecular weight is 291 g/mol. The highest BCUT2D eigenvalue weighted by molar-refractivity contribution is 6.29. The highest BCUT2D eigenvalue weighted by Crippen LogP contribution is 2.11. The Labute approximate surface area is 122 Å². The quantitative estimate of drug-likeness (QED) is 0.860. The van der Waals surface area contributed by atoms with Gasteiger partial charge in [-0.1, -0.05) is 41.9 Å². The molecule has 4 nitrogen and oxygen atoms in total. The van der Waals surface area contributed by atoms with Crippen LogP contribution in [0.1, 0.15) is 12.5 Å². The van der Waals surface area contributed by atoms with Gasteiger partial charge in [-0.05, 0) is 24.6 Å². The number of aromatic nitrogens is 1. The summed E-state index contributed by atoms with van der Waals surface area (Å²) in [6, 6.07) is 13.0. The lowest BCUT2D eigenvalue weighted by molar-refractivity contribution is -0.127. The molecule has 0 aliphatic heterocycles. The Hall–Kier alpha value is -1.91. The van der Waals surface area contributed by atoms with Crippen LogP contribution in [-0.2, 0) is 16.1 Å². The molecule has 1 heterocycles. The molecule has 20 heavy (non-hydrogen) atoms. The fraction of sp³-hybridized carbons (Fsp3) is 0.200. The first-order valence-corrected chi connectivity index (χ1v) is 6.61. The lowest BCUT2D eigenvalue weighted by Gasteiger charge is -2.13. The molecule has 1 unspecified atom stereocenters. The third kappa shape index (κ3) is 4.33. The van der Waals surface area contributed by atoms with E-state index in [1.54, 1.807) is 19.1 Å². The molecule has 1 aromatic heterocycles. The molecule has 0 bridgehead atoms. The summed E-state index contributed by atoms with van der Waals surface area (Å²) in [5.41, 5.74) is 1.62. The molecule has 1 aromatic carbocycles. The zero-order valence-electron chi connectivity index (χ0n) is 11.0. The van der Waals surface area contributed by atoms with Crippen molar-refractivity contribution in [1.82, 2.24) is 4.98 Å². The van der Waals surface area contributed by atoms with Crippen LogP contribution in [0, 0.1) is 0 Å². The van der Waals surface area contributed by atoms with Crippen LogP contribution in [0.4, 0.5) is 5.69 Å². The third-order valence-corrected chi connectivity index (χ3v) is 2.93. The van der Waals surface area contributed by atoms with Crippen LogP contribution in [0.3, 0.4) is 0 Å². The number of nitrogens with one attached hydrogen (secondary N) is 1. The smallest absolute Gasteiger partial charge is 0.253 e. The van der Waals surface area contributed by atoms with Crippen molar-refractivity contribution in [3.8, 4) is 0 Å². The fourth-order valence-electron chi connectivity index (χ4n) is 1.56.